The summed E-state index contributed by atoms with van der Waals surface area (Å²) in [6, 6.07) is 11.4. The van der Waals surface area contributed by atoms with Gasteiger partial charge < -0.3 is 5.32 Å². The van der Waals surface area contributed by atoms with Gasteiger partial charge in [0.15, 0.2) is 0 Å². The zero-order chi connectivity index (χ0) is 11.8. The molecule has 2 unspecified atom stereocenters. The van der Waals surface area contributed by atoms with E-state index in [4.69, 9.17) is 0 Å². The number of nitrogens with one attached hydrogen (secondary N) is 1. The molecule has 0 heterocycles. The average Bonchev–Trinajstić information content (AvgIpc) is 2.30. The Morgan fingerprint density at radius 2 is 1.81 bits per heavy atom. The molecule has 1 nitrogen and oxygen atoms in total. The molecule has 16 heavy (non-hydrogen) atoms. The van der Waals surface area contributed by atoms with Gasteiger partial charge in [-0.3, -0.25) is 0 Å². The Labute approximate surface area is 100 Å². The average molecular weight is 219 g/mol. The molecule has 1 rings (SSSR count). The van der Waals surface area contributed by atoms with Crippen LogP contribution in [0.1, 0.15) is 39.2 Å². The van der Waals surface area contributed by atoms with E-state index in [0.717, 1.165) is 18.9 Å². The van der Waals surface area contributed by atoms with E-state index in [-0.39, 0.29) is 0 Å². The molecule has 0 aromatic heterocycles. The van der Waals surface area contributed by atoms with Crippen LogP contribution in [-0.4, -0.2) is 12.6 Å². The minimum absolute atomic E-state index is 0.618. The summed E-state index contributed by atoms with van der Waals surface area (Å²) >= 11 is 0. The maximum absolute atomic E-state index is 3.62. The third-order valence-electron chi connectivity index (χ3n) is 3.20. The predicted octanol–water partition coefficient (Wildman–Crippen LogP) is 3.64. The molecule has 0 radical (unpaired) electrons. The van der Waals surface area contributed by atoms with Crippen molar-refractivity contribution in [1.29, 1.82) is 0 Å². The minimum Gasteiger partial charge on any atom is -0.314 e. The highest BCUT2D eigenvalue weighted by Gasteiger charge is 2.15. The first-order valence-electron chi connectivity index (χ1n) is 6.55. The van der Waals surface area contributed by atoms with Crippen molar-refractivity contribution in [2.45, 2.75) is 46.1 Å². The van der Waals surface area contributed by atoms with Gasteiger partial charge in [-0.05, 0) is 30.9 Å². The highest BCUT2D eigenvalue weighted by atomic mass is 14.9. The van der Waals surface area contributed by atoms with Gasteiger partial charge in [0.1, 0.15) is 0 Å². The molecule has 0 aliphatic rings. The van der Waals surface area contributed by atoms with E-state index in [1.165, 1.54) is 18.4 Å². The standard InChI is InChI=1S/C15H25N/c1-4-9-13(3)15(16-5-2)12-14-10-7-6-8-11-14/h6-8,10-11,13,15-16H,4-5,9,12H2,1-3H3. The topological polar surface area (TPSA) is 12.0 Å². The maximum Gasteiger partial charge on any atom is 0.0133 e. The molecule has 0 aliphatic carbocycles. The fourth-order valence-electron chi connectivity index (χ4n) is 2.26. The fourth-order valence-corrected chi connectivity index (χ4v) is 2.26. The molecule has 0 aliphatic heterocycles. The summed E-state index contributed by atoms with van der Waals surface area (Å²) in [5.74, 6) is 0.755. The van der Waals surface area contributed by atoms with Crippen molar-refractivity contribution >= 4 is 0 Å². The second kappa shape index (κ2) is 7.45. The van der Waals surface area contributed by atoms with Crippen LogP contribution in [0.3, 0.4) is 0 Å². The second-order valence-electron chi connectivity index (χ2n) is 4.62. The quantitative estimate of drug-likeness (QED) is 0.738. The van der Waals surface area contributed by atoms with Crippen LogP contribution in [0.5, 0.6) is 0 Å². The van der Waals surface area contributed by atoms with Crippen molar-refractivity contribution in [3.8, 4) is 0 Å². The molecule has 90 valence electrons. The minimum atomic E-state index is 0.618. The first-order valence-corrected chi connectivity index (χ1v) is 6.55. The van der Waals surface area contributed by atoms with Crippen LogP contribution >= 0.6 is 0 Å². The summed E-state index contributed by atoms with van der Waals surface area (Å²) in [7, 11) is 0. The highest BCUT2D eigenvalue weighted by Crippen LogP contribution is 2.15. The van der Waals surface area contributed by atoms with E-state index in [0.29, 0.717) is 6.04 Å². The van der Waals surface area contributed by atoms with E-state index in [1.54, 1.807) is 0 Å². The van der Waals surface area contributed by atoms with E-state index >= 15 is 0 Å². The summed E-state index contributed by atoms with van der Waals surface area (Å²) < 4.78 is 0. The van der Waals surface area contributed by atoms with Crippen LogP contribution in [0.4, 0.5) is 0 Å². The lowest BCUT2D eigenvalue weighted by Crippen LogP contribution is -2.36. The van der Waals surface area contributed by atoms with Gasteiger partial charge in [0.05, 0.1) is 0 Å². The number of benzene rings is 1. The summed E-state index contributed by atoms with van der Waals surface area (Å²) in [5.41, 5.74) is 1.44. The smallest absolute Gasteiger partial charge is 0.0133 e. The first-order chi connectivity index (χ1) is 7.77. The van der Waals surface area contributed by atoms with Gasteiger partial charge in [-0.15, -0.1) is 0 Å². The molecule has 0 amide bonds. The predicted molar refractivity (Wildman–Crippen MR) is 71.7 cm³/mol. The van der Waals surface area contributed by atoms with Crippen LogP contribution in [-0.2, 0) is 6.42 Å². The molecular weight excluding hydrogens is 194 g/mol. The third kappa shape index (κ3) is 4.36. The lowest BCUT2D eigenvalue weighted by atomic mass is 9.91. The number of hydrogen-bond acceptors (Lipinski definition) is 1. The molecule has 0 bridgehead atoms. The van der Waals surface area contributed by atoms with Gasteiger partial charge in [-0.1, -0.05) is 57.5 Å². The molecule has 2 atom stereocenters. The van der Waals surface area contributed by atoms with Crippen LogP contribution in [0.25, 0.3) is 0 Å². The van der Waals surface area contributed by atoms with Gasteiger partial charge in [0, 0.05) is 6.04 Å². The Kier molecular flexibility index (Phi) is 6.17. The number of rotatable bonds is 7. The van der Waals surface area contributed by atoms with Crippen molar-refractivity contribution in [2.24, 2.45) is 5.92 Å². The van der Waals surface area contributed by atoms with Crippen molar-refractivity contribution in [3.05, 3.63) is 35.9 Å². The fraction of sp³-hybridized carbons (Fsp3) is 0.600. The monoisotopic (exact) mass is 219 g/mol. The third-order valence-corrected chi connectivity index (χ3v) is 3.20. The zero-order valence-corrected chi connectivity index (χ0v) is 10.9. The first kappa shape index (κ1) is 13.2. The largest absolute Gasteiger partial charge is 0.314 e. The van der Waals surface area contributed by atoms with Gasteiger partial charge >= 0.3 is 0 Å². The molecular formula is C15H25N. The number of hydrogen-bond donors (Lipinski definition) is 1. The van der Waals surface area contributed by atoms with Gasteiger partial charge in [-0.2, -0.15) is 0 Å². The van der Waals surface area contributed by atoms with E-state index in [1.807, 2.05) is 0 Å². The summed E-state index contributed by atoms with van der Waals surface area (Å²) in [6.07, 6.45) is 3.73. The molecule has 1 N–H and O–H groups in total. The van der Waals surface area contributed by atoms with Gasteiger partial charge in [-0.25, -0.2) is 0 Å². The van der Waals surface area contributed by atoms with E-state index in [2.05, 4.69) is 56.4 Å². The Morgan fingerprint density at radius 3 is 2.38 bits per heavy atom. The van der Waals surface area contributed by atoms with Crippen LogP contribution in [0.15, 0.2) is 30.3 Å². The van der Waals surface area contributed by atoms with Gasteiger partial charge in [0.25, 0.3) is 0 Å². The SMILES string of the molecule is CCCC(C)C(Cc1ccccc1)NCC. The second-order valence-corrected chi connectivity index (χ2v) is 4.62. The normalized spacial score (nSPS) is 14.7. The molecule has 0 spiro atoms. The molecule has 0 saturated carbocycles. The molecule has 1 heteroatoms. The summed E-state index contributed by atoms with van der Waals surface area (Å²) in [6.45, 7) is 7.88. The molecule has 1 aromatic carbocycles. The molecule has 1 aromatic rings. The maximum atomic E-state index is 3.62. The van der Waals surface area contributed by atoms with Crippen molar-refractivity contribution < 1.29 is 0 Å². The Morgan fingerprint density at radius 1 is 1.12 bits per heavy atom. The zero-order valence-electron chi connectivity index (χ0n) is 10.9. The van der Waals surface area contributed by atoms with Gasteiger partial charge in [0.2, 0.25) is 0 Å². The lowest BCUT2D eigenvalue weighted by molar-refractivity contribution is 0.358. The van der Waals surface area contributed by atoms with Crippen LogP contribution in [0, 0.1) is 5.92 Å². The Bertz CT molecular complexity index is 268. The van der Waals surface area contributed by atoms with Crippen LogP contribution < -0.4 is 5.32 Å². The Balaban J connectivity index is 2.57. The van der Waals surface area contributed by atoms with Crippen LogP contribution in [0.2, 0.25) is 0 Å². The van der Waals surface area contributed by atoms with Crippen molar-refractivity contribution in [1.82, 2.24) is 5.32 Å². The van der Waals surface area contributed by atoms with Crippen molar-refractivity contribution in [2.75, 3.05) is 6.54 Å². The lowest BCUT2D eigenvalue weighted by Gasteiger charge is -2.24. The highest BCUT2D eigenvalue weighted by molar-refractivity contribution is 5.16. The summed E-state index contributed by atoms with van der Waals surface area (Å²) in [4.78, 5) is 0. The van der Waals surface area contributed by atoms with E-state index in [9.17, 15) is 0 Å². The van der Waals surface area contributed by atoms with E-state index < -0.39 is 0 Å². The Hall–Kier alpha value is -0.820. The summed E-state index contributed by atoms with van der Waals surface area (Å²) in [5, 5.41) is 3.62. The molecule has 0 fully saturated rings. The number of likely N-dealkylation sites (N-methyl/N-ethyl adjacent to an activating group) is 1. The van der Waals surface area contributed by atoms with Crippen molar-refractivity contribution in [3.63, 3.8) is 0 Å². The molecule has 0 saturated heterocycles.